The van der Waals surface area contributed by atoms with E-state index >= 15 is 0 Å². The molecule has 24 heavy (non-hydrogen) atoms. The topological polar surface area (TPSA) is 80.5 Å². The molecule has 2 heterocycles. The van der Waals surface area contributed by atoms with E-state index in [0.29, 0.717) is 25.4 Å². The fraction of sp³-hybridized carbons (Fsp3) is 0.412. The largest absolute Gasteiger partial charge is 0.374 e. The molecule has 0 saturated carbocycles. The van der Waals surface area contributed by atoms with Crippen molar-refractivity contribution in [1.29, 1.82) is 0 Å². The third-order valence-electron chi connectivity index (χ3n) is 3.92. The zero-order chi connectivity index (χ0) is 16.8. The van der Waals surface area contributed by atoms with E-state index in [1.54, 1.807) is 5.38 Å². The molecule has 1 fully saturated rings. The lowest BCUT2D eigenvalue weighted by molar-refractivity contribution is -0.0292. The van der Waals surface area contributed by atoms with Crippen molar-refractivity contribution in [1.82, 2.24) is 15.2 Å². The highest BCUT2D eigenvalue weighted by Gasteiger charge is 2.21. The van der Waals surface area contributed by atoms with Crippen LogP contribution in [-0.2, 0) is 17.8 Å². The van der Waals surface area contributed by atoms with Crippen molar-refractivity contribution in [3.05, 3.63) is 52.0 Å². The van der Waals surface area contributed by atoms with E-state index in [2.05, 4.69) is 39.5 Å². The minimum atomic E-state index is -0.172. The maximum atomic E-state index is 12.1. The van der Waals surface area contributed by atoms with Crippen LogP contribution in [0.4, 0.5) is 0 Å². The normalized spacial score (nSPS) is 18.5. The minimum absolute atomic E-state index is 0.000901. The van der Waals surface area contributed by atoms with Gasteiger partial charge in [-0.05, 0) is 5.56 Å². The summed E-state index contributed by atoms with van der Waals surface area (Å²) in [7, 11) is 0. The Balaban J connectivity index is 1.47. The molecule has 2 aromatic rings. The van der Waals surface area contributed by atoms with Crippen molar-refractivity contribution in [3.63, 3.8) is 0 Å². The summed E-state index contributed by atoms with van der Waals surface area (Å²) in [5.41, 5.74) is 7.24. The van der Waals surface area contributed by atoms with Gasteiger partial charge in [0.15, 0.2) is 0 Å². The number of amides is 1. The Morgan fingerprint density at radius 1 is 1.42 bits per heavy atom. The first-order valence-electron chi connectivity index (χ1n) is 8.05. The Morgan fingerprint density at radius 2 is 2.25 bits per heavy atom. The van der Waals surface area contributed by atoms with Gasteiger partial charge in [-0.2, -0.15) is 0 Å². The lowest BCUT2D eigenvalue weighted by atomic mass is 10.2. The summed E-state index contributed by atoms with van der Waals surface area (Å²) >= 11 is 1.40. The first kappa shape index (κ1) is 17.0. The second kappa shape index (κ2) is 8.34. The molecule has 1 aliphatic rings. The van der Waals surface area contributed by atoms with Gasteiger partial charge in [-0.25, -0.2) is 4.98 Å². The number of thiazole rings is 1. The van der Waals surface area contributed by atoms with E-state index in [1.165, 1.54) is 16.9 Å². The molecule has 1 unspecified atom stereocenters. The predicted octanol–water partition coefficient (Wildman–Crippen LogP) is 1.23. The third kappa shape index (κ3) is 4.61. The summed E-state index contributed by atoms with van der Waals surface area (Å²) in [6, 6.07) is 10.4. The van der Waals surface area contributed by atoms with Crippen LogP contribution >= 0.6 is 11.3 Å². The molecule has 1 aromatic carbocycles. The van der Waals surface area contributed by atoms with E-state index in [-0.39, 0.29) is 12.0 Å². The number of morpholine rings is 1. The Kier molecular flexibility index (Phi) is 5.92. The number of benzene rings is 1. The number of aromatic nitrogens is 1. The second-order valence-corrected chi connectivity index (χ2v) is 6.70. The Morgan fingerprint density at radius 3 is 3.00 bits per heavy atom. The van der Waals surface area contributed by atoms with Gasteiger partial charge in [-0.15, -0.1) is 11.3 Å². The van der Waals surface area contributed by atoms with Gasteiger partial charge < -0.3 is 15.8 Å². The number of nitrogens with two attached hydrogens (primary N) is 1. The molecule has 1 saturated heterocycles. The number of carbonyl (C=O) groups is 1. The van der Waals surface area contributed by atoms with Gasteiger partial charge in [0.05, 0.1) is 12.7 Å². The Bertz CT molecular complexity index is 662. The van der Waals surface area contributed by atoms with Gasteiger partial charge in [0, 0.05) is 38.1 Å². The zero-order valence-electron chi connectivity index (χ0n) is 13.5. The molecule has 0 radical (unpaired) electrons. The molecule has 0 bridgehead atoms. The molecule has 3 rings (SSSR count). The van der Waals surface area contributed by atoms with Gasteiger partial charge in [0.25, 0.3) is 5.91 Å². The molecular formula is C17H22N4O2S. The van der Waals surface area contributed by atoms with Crippen LogP contribution in [0.1, 0.15) is 21.1 Å². The first-order valence-corrected chi connectivity index (χ1v) is 8.93. The Hall–Kier alpha value is -1.80. The number of carbonyl (C=O) groups excluding carboxylic acids is 1. The number of rotatable bonds is 6. The van der Waals surface area contributed by atoms with Crippen LogP contribution in [0.25, 0.3) is 0 Å². The molecule has 1 amide bonds. The minimum Gasteiger partial charge on any atom is -0.374 e. The van der Waals surface area contributed by atoms with Crippen molar-refractivity contribution >= 4 is 17.2 Å². The van der Waals surface area contributed by atoms with Crippen molar-refractivity contribution in [2.45, 2.75) is 19.2 Å². The maximum absolute atomic E-state index is 12.1. The Labute approximate surface area is 145 Å². The molecule has 7 heteroatoms. The molecule has 1 aliphatic heterocycles. The van der Waals surface area contributed by atoms with Crippen LogP contribution in [-0.4, -0.2) is 48.1 Å². The standard InChI is InChI=1S/C17H22N4O2S/c18-8-16-20-15(12-24-16)17(22)19-9-14-11-21(6-7-23-14)10-13-4-2-1-3-5-13/h1-5,12,14H,6-11,18H2,(H,19,22). The van der Waals surface area contributed by atoms with E-state index in [1.807, 2.05) is 6.07 Å². The van der Waals surface area contributed by atoms with Crippen LogP contribution in [0.3, 0.4) is 0 Å². The summed E-state index contributed by atoms with van der Waals surface area (Å²) in [5.74, 6) is -0.172. The summed E-state index contributed by atoms with van der Waals surface area (Å²) in [5, 5.41) is 5.41. The van der Waals surface area contributed by atoms with Gasteiger partial charge in [-0.1, -0.05) is 30.3 Å². The molecule has 6 nitrogen and oxygen atoms in total. The van der Waals surface area contributed by atoms with E-state index < -0.39 is 0 Å². The number of nitrogens with one attached hydrogen (secondary N) is 1. The molecule has 3 N–H and O–H groups in total. The first-order chi connectivity index (χ1) is 11.7. The monoisotopic (exact) mass is 346 g/mol. The fourth-order valence-corrected chi connectivity index (χ4v) is 3.35. The van der Waals surface area contributed by atoms with Crippen molar-refractivity contribution in [2.75, 3.05) is 26.2 Å². The van der Waals surface area contributed by atoms with Crippen molar-refractivity contribution in [3.8, 4) is 0 Å². The van der Waals surface area contributed by atoms with E-state index in [4.69, 9.17) is 10.5 Å². The quantitative estimate of drug-likeness (QED) is 0.822. The molecule has 128 valence electrons. The summed E-state index contributed by atoms with van der Waals surface area (Å²) in [6.07, 6.45) is -0.000901. The van der Waals surface area contributed by atoms with Gasteiger partial charge >= 0.3 is 0 Å². The summed E-state index contributed by atoms with van der Waals surface area (Å²) < 4.78 is 5.76. The maximum Gasteiger partial charge on any atom is 0.270 e. The number of ether oxygens (including phenoxy) is 1. The lowest BCUT2D eigenvalue weighted by Crippen LogP contribution is -2.47. The number of hydrogen-bond acceptors (Lipinski definition) is 6. The van der Waals surface area contributed by atoms with E-state index in [9.17, 15) is 4.79 Å². The van der Waals surface area contributed by atoms with Crippen LogP contribution in [0.15, 0.2) is 35.7 Å². The fourth-order valence-electron chi connectivity index (χ4n) is 2.70. The lowest BCUT2D eigenvalue weighted by Gasteiger charge is -2.33. The van der Waals surface area contributed by atoms with E-state index in [0.717, 1.165) is 24.6 Å². The number of nitrogens with zero attached hydrogens (tertiary/aromatic N) is 2. The summed E-state index contributed by atoms with van der Waals surface area (Å²) in [4.78, 5) is 18.7. The molecule has 1 atom stereocenters. The van der Waals surface area contributed by atoms with Gasteiger partial charge in [0.2, 0.25) is 0 Å². The van der Waals surface area contributed by atoms with Crippen molar-refractivity contribution in [2.24, 2.45) is 5.73 Å². The highest BCUT2D eigenvalue weighted by molar-refractivity contribution is 7.09. The SMILES string of the molecule is NCc1nc(C(=O)NCC2CN(Cc3ccccc3)CCO2)cs1. The third-order valence-corrected chi connectivity index (χ3v) is 4.79. The van der Waals surface area contributed by atoms with Gasteiger partial charge in [0.1, 0.15) is 10.7 Å². The molecule has 0 aliphatic carbocycles. The average molecular weight is 346 g/mol. The molecule has 0 spiro atoms. The van der Waals surface area contributed by atoms with Crippen LogP contribution in [0.5, 0.6) is 0 Å². The van der Waals surface area contributed by atoms with Crippen LogP contribution in [0.2, 0.25) is 0 Å². The highest BCUT2D eigenvalue weighted by Crippen LogP contribution is 2.11. The van der Waals surface area contributed by atoms with Crippen molar-refractivity contribution < 1.29 is 9.53 Å². The predicted molar refractivity (Wildman–Crippen MR) is 93.8 cm³/mol. The molecular weight excluding hydrogens is 324 g/mol. The highest BCUT2D eigenvalue weighted by atomic mass is 32.1. The average Bonchev–Trinajstić information content (AvgIpc) is 3.10. The van der Waals surface area contributed by atoms with Crippen LogP contribution in [0, 0.1) is 0 Å². The summed E-state index contributed by atoms with van der Waals surface area (Å²) in [6.45, 7) is 4.14. The zero-order valence-corrected chi connectivity index (χ0v) is 14.3. The smallest absolute Gasteiger partial charge is 0.270 e. The second-order valence-electron chi connectivity index (χ2n) is 5.75. The van der Waals surface area contributed by atoms with Gasteiger partial charge in [-0.3, -0.25) is 9.69 Å². The number of hydrogen-bond donors (Lipinski definition) is 2. The van der Waals surface area contributed by atoms with Crippen LogP contribution < -0.4 is 11.1 Å². The molecule has 1 aromatic heterocycles.